The molecule has 1 heterocycles. The number of nitrogens with zero attached hydrogens (tertiary/aromatic N) is 2. The topological polar surface area (TPSA) is 107 Å². The minimum atomic E-state index is -3.69. The van der Waals surface area contributed by atoms with E-state index in [1.807, 2.05) is 30.3 Å². The van der Waals surface area contributed by atoms with Crippen molar-refractivity contribution >= 4 is 15.9 Å². The van der Waals surface area contributed by atoms with Crippen LogP contribution in [0.5, 0.6) is 0 Å². The highest BCUT2D eigenvalue weighted by atomic mass is 32.2. The number of aromatic nitrogens is 2. The van der Waals surface area contributed by atoms with E-state index in [0.29, 0.717) is 18.7 Å². The Bertz CT molecular complexity index is 996. The number of carbonyl (C=O) groups excluding carboxylic acids is 1. The van der Waals surface area contributed by atoms with Gasteiger partial charge in [0, 0.05) is 12.2 Å². The zero-order valence-corrected chi connectivity index (χ0v) is 14.7. The first kappa shape index (κ1) is 17.8. The fourth-order valence-corrected chi connectivity index (χ4v) is 3.03. The molecule has 0 bridgehead atoms. The van der Waals surface area contributed by atoms with E-state index < -0.39 is 10.0 Å². The standard InChI is InChI=1S/C18H18N4O3S/c19-26(24,25)16-8-6-14(7-9-16)10-11-21-18(23)17-12-20-13-22(17)15-4-2-1-3-5-15/h1-9,12-13H,10-11H2,(H,21,23)(H2,19,24,25). The molecule has 0 saturated carbocycles. The second kappa shape index (κ2) is 7.51. The van der Waals surface area contributed by atoms with Gasteiger partial charge in [-0.1, -0.05) is 30.3 Å². The molecular weight excluding hydrogens is 352 g/mol. The molecule has 0 saturated heterocycles. The van der Waals surface area contributed by atoms with Crippen LogP contribution >= 0.6 is 0 Å². The molecule has 2 aromatic carbocycles. The molecule has 0 aliphatic carbocycles. The summed E-state index contributed by atoms with van der Waals surface area (Å²) in [6, 6.07) is 15.7. The summed E-state index contributed by atoms with van der Waals surface area (Å²) in [7, 11) is -3.69. The third kappa shape index (κ3) is 4.16. The molecule has 0 fully saturated rings. The van der Waals surface area contributed by atoms with E-state index in [1.54, 1.807) is 23.0 Å². The number of nitrogens with one attached hydrogen (secondary N) is 1. The number of carbonyl (C=O) groups is 1. The van der Waals surface area contributed by atoms with Gasteiger partial charge in [-0.2, -0.15) is 0 Å². The normalized spacial score (nSPS) is 11.3. The van der Waals surface area contributed by atoms with Crippen molar-refractivity contribution < 1.29 is 13.2 Å². The lowest BCUT2D eigenvalue weighted by Crippen LogP contribution is -2.27. The molecule has 134 valence electrons. The van der Waals surface area contributed by atoms with Gasteiger partial charge in [0.15, 0.2) is 0 Å². The number of para-hydroxylation sites is 1. The Kier molecular flexibility index (Phi) is 5.15. The van der Waals surface area contributed by atoms with Gasteiger partial charge >= 0.3 is 0 Å². The minimum Gasteiger partial charge on any atom is -0.350 e. The highest BCUT2D eigenvalue weighted by Crippen LogP contribution is 2.11. The Hall–Kier alpha value is -2.97. The van der Waals surface area contributed by atoms with Gasteiger partial charge in [0.05, 0.1) is 17.4 Å². The summed E-state index contributed by atoms with van der Waals surface area (Å²) in [6.45, 7) is 0.410. The predicted octanol–water partition coefficient (Wildman–Crippen LogP) is 1.49. The van der Waals surface area contributed by atoms with Gasteiger partial charge < -0.3 is 5.32 Å². The quantitative estimate of drug-likeness (QED) is 0.685. The molecule has 3 N–H and O–H groups in total. The molecule has 0 atom stereocenters. The first-order valence-corrected chi connectivity index (χ1v) is 9.47. The lowest BCUT2D eigenvalue weighted by Gasteiger charge is -2.09. The van der Waals surface area contributed by atoms with Gasteiger partial charge in [-0.3, -0.25) is 9.36 Å². The fourth-order valence-electron chi connectivity index (χ4n) is 2.51. The molecule has 0 spiro atoms. The second-order valence-electron chi connectivity index (χ2n) is 5.68. The number of nitrogens with two attached hydrogens (primary N) is 1. The molecule has 3 aromatic rings. The summed E-state index contributed by atoms with van der Waals surface area (Å²) in [5, 5.41) is 7.92. The van der Waals surface area contributed by atoms with E-state index in [0.717, 1.165) is 11.3 Å². The molecule has 7 nitrogen and oxygen atoms in total. The van der Waals surface area contributed by atoms with Crippen molar-refractivity contribution in [3.63, 3.8) is 0 Å². The van der Waals surface area contributed by atoms with Gasteiger partial charge in [0.2, 0.25) is 10.0 Å². The SMILES string of the molecule is NS(=O)(=O)c1ccc(CCNC(=O)c2cncn2-c2ccccc2)cc1. The number of imidazole rings is 1. The van der Waals surface area contributed by atoms with Gasteiger partial charge in [-0.15, -0.1) is 0 Å². The Morgan fingerprint density at radius 2 is 1.77 bits per heavy atom. The molecular formula is C18H18N4O3S. The number of sulfonamides is 1. The zero-order chi connectivity index (χ0) is 18.6. The van der Waals surface area contributed by atoms with Crippen molar-refractivity contribution in [1.82, 2.24) is 14.9 Å². The van der Waals surface area contributed by atoms with Crippen LogP contribution in [0, 0.1) is 0 Å². The summed E-state index contributed by atoms with van der Waals surface area (Å²) < 4.78 is 24.2. The minimum absolute atomic E-state index is 0.0667. The number of benzene rings is 2. The maximum Gasteiger partial charge on any atom is 0.269 e. The molecule has 1 amide bonds. The second-order valence-corrected chi connectivity index (χ2v) is 7.24. The largest absolute Gasteiger partial charge is 0.350 e. The Labute approximate surface area is 151 Å². The predicted molar refractivity (Wildman–Crippen MR) is 97.4 cm³/mol. The summed E-state index contributed by atoms with van der Waals surface area (Å²) >= 11 is 0. The van der Waals surface area contributed by atoms with Gasteiger partial charge in [0.25, 0.3) is 5.91 Å². The van der Waals surface area contributed by atoms with E-state index in [1.165, 1.54) is 18.3 Å². The summed E-state index contributed by atoms with van der Waals surface area (Å²) in [5.41, 5.74) is 2.20. The molecule has 26 heavy (non-hydrogen) atoms. The van der Waals surface area contributed by atoms with Crippen LogP contribution in [0.15, 0.2) is 72.0 Å². The van der Waals surface area contributed by atoms with Gasteiger partial charge in [-0.05, 0) is 36.2 Å². The first-order chi connectivity index (χ1) is 12.4. The van der Waals surface area contributed by atoms with Crippen molar-refractivity contribution in [1.29, 1.82) is 0 Å². The smallest absolute Gasteiger partial charge is 0.269 e. The van der Waals surface area contributed by atoms with Crippen molar-refractivity contribution in [3.8, 4) is 5.69 Å². The molecule has 0 unspecified atom stereocenters. The molecule has 0 radical (unpaired) electrons. The van der Waals surface area contributed by atoms with Crippen molar-refractivity contribution in [3.05, 3.63) is 78.4 Å². The number of hydrogen-bond acceptors (Lipinski definition) is 4. The maximum absolute atomic E-state index is 12.4. The maximum atomic E-state index is 12.4. The van der Waals surface area contributed by atoms with Crippen LogP contribution < -0.4 is 10.5 Å². The molecule has 0 aliphatic heterocycles. The van der Waals surface area contributed by atoms with Gasteiger partial charge in [-0.25, -0.2) is 18.5 Å². The van der Waals surface area contributed by atoms with Crippen LogP contribution in [0.2, 0.25) is 0 Å². The monoisotopic (exact) mass is 370 g/mol. The van der Waals surface area contributed by atoms with E-state index in [2.05, 4.69) is 10.3 Å². The van der Waals surface area contributed by atoms with E-state index in [-0.39, 0.29) is 10.8 Å². The molecule has 1 aromatic heterocycles. The summed E-state index contributed by atoms with van der Waals surface area (Å²) in [4.78, 5) is 16.5. The number of rotatable bonds is 6. The lowest BCUT2D eigenvalue weighted by molar-refractivity contribution is 0.0947. The summed E-state index contributed by atoms with van der Waals surface area (Å²) in [5.74, 6) is -0.229. The highest BCUT2D eigenvalue weighted by molar-refractivity contribution is 7.89. The van der Waals surface area contributed by atoms with E-state index >= 15 is 0 Å². The van der Waals surface area contributed by atoms with Crippen molar-refractivity contribution in [2.24, 2.45) is 5.14 Å². The first-order valence-electron chi connectivity index (χ1n) is 7.93. The van der Waals surface area contributed by atoms with Crippen molar-refractivity contribution in [2.45, 2.75) is 11.3 Å². The van der Waals surface area contributed by atoms with E-state index in [9.17, 15) is 13.2 Å². The van der Waals surface area contributed by atoms with Crippen LogP contribution in [0.4, 0.5) is 0 Å². The van der Waals surface area contributed by atoms with Crippen LogP contribution in [0.25, 0.3) is 5.69 Å². The van der Waals surface area contributed by atoms with Crippen LogP contribution in [0.3, 0.4) is 0 Å². The van der Waals surface area contributed by atoms with Crippen LogP contribution in [-0.4, -0.2) is 30.4 Å². The van der Waals surface area contributed by atoms with Crippen molar-refractivity contribution in [2.75, 3.05) is 6.54 Å². The molecule has 3 rings (SSSR count). The molecule has 0 aliphatic rings. The summed E-state index contributed by atoms with van der Waals surface area (Å²) in [6.07, 6.45) is 3.68. The fraction of sp³-hybridized carbons (Fsp3) is 0.111. The Morgan fingerprint density at radius 3 is 2.42 bits per heavy atom. The number of hydrogen-bond donors (Lipinski definition) is 2. The Morgan fingerprint density at radius 1 is 1.08 bits per heavy atom. The zero-order valence-electron chi connectivity index (χ0n) is 13.9. The Balaban J connectivity index is 1.61. The van der Waals surface area contributed by atoms with Crippen LogP contribution in [0.1, 0.15) is 16.1 Å². The highest BCUT2D eigenvalue weighted by Gasteiger charge is 2.12. The van der Waals surface area contributed by atoms with E-state index in [4.69, 9.17) is 5.14 Å². The number of primary sulfonamides is 1. The van der Waals surface area contributed by atoms with Gasteiger partial charge in [0.1, 0.15) is 5.69 Å². The average Bonchev–Trinajstić information content (AvgIpc) is 3.12. The lowest BCUT2D eigenvalue weighted by atomic mass is 10.1. The average molecular weight is 370 g/mol. The molecule has 8 heteroatoms. The third-order valence-corrected chi connectivity index (χ3v) is 4.79. The third-order valence-electron chi connectivity index (χ3n) is 3.86. The van der Waals surface area contributed by atoms with Crippen LogP contribution in [-0.2, 0) is 16.4 Å². The number of amides is 1.